The van der Waals surface area contributed by atoms with Crippen LogP contribution >= 0.6 is 28.3 Å². The molecule has 108 valence electrons. The topological polar surface area (TPSA) is 59.6 Å². The summed E-state index contributed by atoms with van der Waals surface area (Å²) in [5.74, 6) is 0.584. The molecular formula is C12H18BrClN2O3. The first-order chi connectivity index (χ1) is 8.67. The number of amides is 1. The number of methoxy groups -OCH3 is 2. The first-order valence-corrected chi connectivity index (χ1v) is 6.29. The smallest absolute Gasteiger partial charge is 0.238 e. The molecule has 0 fully saturated rings. The minimum absolute atomic E-state index is 0. The van der Waals surface area contributed by atoms with Crippen LogP contribution in [0, 0.1) is 0 Å². The number of carbonyl (C=O) groups is 1. The summed E-state index contributed by atoms with van der Waals surface area (Å²) < 4.78 is 10.8. The van der Waals surface area contributed by atoms with Crippen molar-refractivity contribution in [2.75, 3.05) is 39.2 Å². The van der Waals surface area contributed by atoms with Crippen LogP contribution in [0.25, 0.3) is 0 Å². The third kappa shape index (κ3) is 6.77. The molecule has 0 unspecified atom stereocenters. The van der Waals surface area contributed by atoms with E-state index in [0.29, 0.717) is 24.6 Å². The fourth-order valence-electron chi connectivity index (χ4n) is 1.30. The second kappa shape index (κ2) is 10.0. The van der Waals surface area contributed by atoms with E-state index in [-0.39, 0.29) is 24.9 Å². The van der Waals surface area contributed by atoms with Gasteiger partial charge in [-0.3, -0.25) is 4.79 Å². The lowest BCUT2D eigenvalue weighted by Gasteiger charge is -2.09. The van der Waals surface area contributed by atoms with Crippen LogP contribution in [0.3, 0.4) is 0 Å². The van der Waals surface area contributed by atoms with Gasteiger partial charge in [0, 0.05) is 24.2 Å². The SMILES string of the molecule is COCCNCC(=O)Nc1cc(OC)ccc1Br.Cl. The van der Waals surface area contributed by atoms with Crippen molar-refractivity contribution in [3.63, 3.8) is 0 Å². The molecule has 0 saturated heterocycles. The summed E-state index contributed by atoms with van der Waals surface area (Å²) in [7, 11) is 3.20. The molecule has 0 spiro atoms. The molecular weight excluding hydrogens is 336 g/mol. The summed E-state index contributed by atoms with van der Waals surface area (Å²) >= 11 is 3.37. The van der Waals surface area contributed by atoms with E-state index in [1.807, 2.05) is 12.1 Å². The Morgan fingerprint density at radius 1 is 1.37 bits per heavy atom. The summed E-state index contributed by atoms with van der Waals surface area (Å²) in [5, 5.41) is 5.76. The summed E-state index contributed by atoms with van der Waals surface area (Å²) in [5.41, 5.74) is 0.688. The van der Waals surface area contributed by atoms with Gasteiger partial charge in [0.2, 0.25) is 5.91 Å². The molecule has 1 aromatic rings. The molecule has 5 nitrogen and oxygen atoms in total. The molecule has 0 aliphatic carbocycles. The predicted molar refractivity (Wildman–Crippen MR) is 81.3 cm³/mol. The van der Waals surface area contributed by atoms with Crippen LogP contribution in [-0.2, 0) is 9.53 Å². The Balaban J connectivity index is 0.00000324. The predicted octanol–water partition coefficient (Wildman–Crippen LogP) is 2.05. The maximum absolute atomic E-state index is 11.7. The van der Waals surface area contributed by atoms with E-state index in [0.717, 1.165) is 4.47 Å². The monoisotopic (exact) mass is 352 g/mol. The lowest BCUT2D eigenvalue weighted by atomic mass is 10.3. The maximum atomic E-state index is 11.7. The summed E-state index contributed by atoms with van der Waals surface area (Å²) in [6, 6.07) is 5.40. The molecule has 0 saturated carbocycles. The number of benzene rings is 1. The first kappa shape index (κ1) is 18.2. The van der Waals surface area contributed by atoms with Gasteiger partial charge >= 0.3 is 0 Å². The fraction of sp³-hybridized carbons (Fsp3) is 0.417. The molecule has 2 N–H and O–H groups in total. The molecule has 1 rings (SSSR count). The van der Waals surface area contributed by atoms with Gasteiger partial charge in [-0.1, -0.05) is 0 Å². The van der Waals surface area contributed by atoms with Gasteiger partial charge < -0.3 is 20.1 Å². The molecule has 0 aliphatic heterocycles. The highest BCUT2D eigenvalue weighted by molar-refractivity contribution is 9.10. The zero-order chi connectivity index (χ0) is 13.4. The molecule has 1 aromatic carbocycles. The number of anilines is 1. The molecule has 0 heterocycles. The zero-order valence-electron chi connectivity index (χ0n) is 10.9. The van der Waals surface area contributed by atoms with Crippen LogP contribution in [0.2, 0.25) is 0 Å². The Morgan fingerprint density at radius 2 is 2.11 bits per heavy atom. The molecule has 19 heavy (non-hydrogen) atoms. The van der Waals surface area contributed by atoms with Gasteiger partial charge in [0.15, 0.2) is 0 Å². The van der Waals surface area contributed by atoms with Crippen molar-refractivity contribution < 1.29 is 14.3 Å². The Bertz CT molecular complexity index is 405. The molecule has 7 heteroatoms. The third-order valence-corrected chi connectivity index (χ3v) is 2.91. The van der Waals surface area contributed by atoms with Crippen molar-refractivity contribution in [1.82, 2.24) is 5.32 Å². The average Bonchev–Trinajstić information content (AvgIpc) is 2.37. The minimum atomic E-state index is -0.111. The summed E-state index contributed by atoms with van der Waals surface area (Å²) in [4.78, 5) is 11.7. The lowest BCUT2D eigenvalue weighted by molar-refractivity contribution is -0.115. The van der Waals surface area contributed by atoms with Gasteiger partial charge in [0.1, 0.15) is 5.75 Å². The Kier molecular flexibility index (Phi) is 9.59. The first-order valence-electron chi connectivity index (χ1n) is 5.50. The van der Waals surface area contributed by atoms with Crippen LogP contribution in [0.5, 0.6) is 5.75 Å². The number of ether oxygens (including phenoxy) is 2. The maximum Gasteiger partial charge on any atom is 0.238 e. The van der Waals surface area contributed by atoms with Crippen molar-refractivity contribution in [3.8, 4) is 5.75 Å². The van der Waals surface area contributed by atoms with Gasteiger partial charge in [-0.2, -0.15) is 0 Å². The molecule has 0 radical (unpaired) electrons. The van der Waals surface area contributed by atoms with Gasteiger partial charge in [-0.15, -0.1) is 12.4 Å². The van der Waals surface area contributed by atoms with Gasteiger partial charge in [-0.05, 0) is 28.1 Å². The van der Waals surface area contributed by atoms with Crippen LogP contribution in [0.1, 0.15) is 0 Å². The number of nitrogens with one attached hydrogen (secondary N) is 2. The highest BCUT2D eigenvalue weighted by Gasteiger charge is 2.06. The standard InChI is InChI=1S/C12H17BrN2O3.ClH/c1-17-6-5-14-8-12(16)15-11-7-9(18-2)3-4-10(11)13;/h3-4,7,14H,5-6,8H2,1-2H3,(H,15,16);1H. The molecule has 0 bridgehead atoms. The minimum Gasteiger partial charge on any atom is -0.497 e. The van der Waals surface area contributed by atoms with Crippen molar-refractivity contribution in [2.24, 2.45) is 0 Å². The Hall–Kier alpha value is -0.820. The number of hydrogen-bond acceptors (Lipinski definition) is 4. The molecule has 1 amide bonds. The summed E-state index contributed by atoms with van der Waals surface area (Å²) in [6.07, 6.45) is 0. The van der Waals surface area contributed by atoms with Gasteiger partial charge in [-0.25, -0.2) is 0 Å². The largest absolute Gasteiger partial charge is 0.497 e. The normalized spacial score (nSPS) is 9.63. The molecule has 0 atom stereocenters. The van der Waals surface area contributed by atoms with E-state index in [1.54, 1.807) is 20.3 Å². The van der Waals surface area contributed by atoms with Crippen molar-refractivity contribution >= 4 is 39.9 Å². The molecule has 0 aliphatic rings. The van der Waals surface area contributed by atoms with E-state index in [1.165, 1.54) is 0 Å². The van der Waals surface area contributed by atoms with E-state index >= 15 is 0 Å². The number of hydrogen-bond donors (Lipinski definition) is 2. The number of rotatable bonds is 7. The van der Waals surface area contributed by atoms with Gasteiger partial charge in [0.25, 0.3) is 0 Å². The lowest BCUT2D eigenvalue weighted by Crippen LogP contribution is -2.30. The highest BCUT2D eigenvalue weighted by Crippen LogP contribution is 2.26. The molecule has 0 aromatic heterocycles. The van der Waals surface area contributed by atoms with E-state index in [9.17, 15) is 4.79 Å². The van der Waals surface area contributed by atoms with Crippen molar-refractivity contribution in [3.05, 3.63) is 22.7 Å². The number of halogens is 2. The van der Waals surface area contributed by atoms with Crippen molar-refractivity contribution in [1.29, 1.82) is 0 Å². The second-order valence-electron chi connectivity index (χ2n) is 3.56. The second-order valence-corrected chi connectivity index (χ2v) is 4.42. The van der Waals surface area contributed by atoms with Crippen LogP contribution in [0.15, 0.2) is 22.7 Å². The quantitative estimate of drug-likeness (QED) is 0.737. The zero-order valence-corrected chi connectivity index (χ0v) is 13.3. The van der Waals surface area contributed by atoms with Crippen molar-refractivity contribution in [2.45, 2.75) is 0 Å². The van der Waals surface area contributed by atoms with E-state index in [2.05, 4.69) is 26.6 Å². The fourth-order valence-corrected chi connectivity index (χ4v) is 1.64. The Morgan fingerprint density at radius 3 is 2.74 bits per heavy atom. The Labute approximate surface area is 127 Å². The van der Waals surface area contributed by atoms with Gasteiger partial charge in [0.05, 0.1) is 25.9 Å². The average molecular weight is 354 g/mol. The number of carbonyl (C=O) groups excluding carboxylic acids is 1. The summed E-state index contributed by atoms with van der Waals surface area (Å²) in [6.45, 7) is 1.46. The van der Waals surface area contributed by atoms with E-state index < -0.39 is 0 Å². The highest BCUT2D eigenvalue weighted by atomic mass is 79.9. The van der Waals surface area contributed by atoms with E-state index in [4.69, 9.17) is 9.47 Å². The van der Waals surface area contributed by atoms with Crippen LogP contribution in [0.4, 0.5) is 5.69 Å². The third-order valence-electron chi connectivity index (χ3n) is 2.22. The van der Waals surface area contributed by atoms with Crippen LogP contribution in [-0.4, -0.2) is 39.8 Å². The van der Waals surface area contributed by atoms with Crippen LogP contribution < -0.4 is 15.4 Å².